The largest absolute Gasteiger partial charge is 0.507 e. The number of phenolic OH excluding ortho intramolecular Hbond substituents is 1. The summed E-state index contributed by atoms with van der Waals surface area (Å²) >= 11 is 0. The maximum absolute atomic E-state index is 14.3. The molecule has 4 aliphatic rings. The van der Waals surface area contributed by atoms with Gasteiger partial charge in [0.05, 0.1) is 33.4 Å². The Labute approximate surface area is 239 Å². The van der Waals surface area contributed by atoms with Gasteiger partial charge < -0.3 is 5.11 Å². The molecule has 42 heavy (non-hydrogen) atoms. The fraction of sp³-hybridized carbons (Fsp3) is 0.125. The number of rotatable bonds is 5. The van der Waals surface area contributed by atoms with Crippen molar-refractivity contribution < 1.29 is 24.4 Å². The number of carbonyl (C=O) groups is 3. The number of imide groups is 1. The minimum absolute atomic E-state index is 0.0367. The van der Waals surface area contributed by atoms with E-state index in [4.69, 9.17) is 0 Å². The van der Waals surface area contributed by atoms with Crippen LogP contribution in [0.15, 0.2) is 102 Å². The molecule has 206 valence electrons. The van der Waals surface area contributed by atoms with E-state index in [9.17, 15) is 29.6 Å². The van der Waals surface area contributed by atoms with E-state index in [1.54, 1.807) is 12.1 Å². The Bertz CT molecular complexity index is 1800. The van der Waals surface area contributed by atoms with Gasteiger partial charge in [0.1, 0.15) is 5.75 Å². The van der Waals surface area contributed by atoms with Crippen molar-refractivity contribution in [3.05, 3.63) is 135 Å². The first-order chi connectivity index (χ1) is 20.3. The minimum Gasteiger partial charge on any atom is -0.507 e. The van der Waals surface area contributed by atoms with E-state index in [-0.39, 0.29) is 22.7 Å². The van der Waals surface area contributed by atoms with E-state index >= 15 is 0 Å². The molecule has 10 heteroatoms. The fourth-order valence-electron chi connectivity index (χ4n) is 6.95. The van der Waals surface area contributed by atoms with E-state index < -0.39 is 45.8 Å². The summed E-state index contributed by atoms with van der Waals surface area (Å²) < 4.78 is 0. The van der Waals surface area contributed by atoms with Gasteiger partial charge in [0, 0.05) is 24.3 Å². The fourth-order valence-corrected chi connectivity index (χ4v) is 6.95. The lowest BCUT2D eigenvalue weighted by Gasteiger charge is -2.52. The molecule has 2 atom stereocenters. The Morgan fingerprint density at radius 1 is 0.881 bits per heavy atom. The lowest BCUT2D eigenvalue weighted by atomic mass is 9.47. The average Bonchev–Trinajstić information content (AvgIpc) is 3.28. The number of non-ortho nitro benzene ring substituents is 1. The van der Waals surface area contributed by atoms with Crippen LogP contribution in [0.1, 0.15) is 38.5 Å². The van der Waals surface area contributed by atoms with Crippen LogP contribution in [-0.4, -0.2) is 34.0 Å². The molecule has 2 N–H and O–H groups in total. The van der Waals surface area contributed by atoms with Crippen LogP contribution in [0, 0.1) is 22.0 Å². The average molecular weight is 559 g/mol. The zero-order chi connectivity index (χ0) is 29.2. The van der Waals surface area contributed by atoms with Crippen LogP contribution < -0.4 is 10.3 Å². The number of aromatic hydroxyl groups is 1. The third-order valence-corrected chi connectivity index (χ3v) is 8.59. The van der Waals surface area contributed by atoms with Crippen LogP contribution in [0.5, 0.6) is 5.75 Å². The van der Waals surface area contributed by atoms with Crippen LogP contribution in [0.2, 0.25) is 0 Å². The van der Waals surface area contributed by atoms with E-state index in [2.05, 4.69) is 10.5 Å². The lowest BCUT2D eigenvalue weighted by Crippen LogP contribution is -2.54. The van der Waals surface area contributed by atoms with Gasteiger partial charge in [-0.1, -0.05) is 60.7 Å². The number of anilines is 1. The molecule has 2 bridgehead atoms. The molecule has 1 aliphatic heterocycles. The molecular weight excluding hydrogens is 536 g/mol. The predicted molar refractivity (Wildman–Crippen MR) is 152 cm³/mol. The second-order valence-corrected chi connectivity index (χ2v) is 10.5. The van der Waals surface area contributed by atoms with Gasteiger partial charge in [0.2, 0.25) is 11.8 Å². The lowest BCUT2D eigenvalue weighted by molar-refractivity contribution is -0.384. The molecule has 4 aromatic carbocycles. The van der Waals surface area contributed by atoms with Crippen LogP contribution >= 0.6 is 0 Å². The number of hydrazone groups is 1. The number of hydrogen-bond donors (Lipinski definition) is 2. The zero-order valence-electron chi connectivity index (χ0n) is 21.9. The number of nitrogens with zero attached hydrogens (tertiary/aromatic N) is 3. The molecular formula is C32H22N4O6. The molecule has 0 radical (unpaired) electrons. The van der Waals surface area contributed by atoms with Crippen molar-refractivity contribution in [1.29, 1.82) is 0 Å². The highest BCUT2D eigenvalue weighted by atomic mass is 16.6. The Balaban J connectivity index is 1.39. The maximum atomic E-state index is 14.3. The first-order valence-corrected chi connectivity index (χ1v) is 13.3. The molecule has 1 fully saturated rings. The molecule has 3 aliphatic carbocycles. The number of nitro groups is 1. The van der Waals surface area contributed by atoms with Gasteiger partial charge in [0.15, 0.2) is 0 Å². The highest BCUT2D eigenvalue weighted by Gasteiger charge is 2.68. The maximum Gasteiger partial charge on any atom is 0.275 e. The third kappa shape index (κ3) is 3.38. The summed E-state index contributed by atoms with van der Waals surface area (Å²) in [6.45, 7) is 0. The Morgan fingerprint density at radius 3 is 2.10 bits per heavy atom. The highest BCUT2D eigenvalue weighted by Crippen LogP contribution is 2.63. The van der Waals surface area contributed by atoms with Crippen LogP contribution in [-0.2, 0) is 15.0 Å². The zero-order valence-corrected chi connectivity index (χ0v) is 21.9. The number of para-hydroxylation sites is 1. The minimum atomic E-state index is -1.21. The van der Waals surface area contributed by atoms with Gasteiger partial charge >= 0.3 is 0 Å². The molecule has 8 rings (SSSR count). The van der Waals surface area contributed by atoms with Crippen LogP contribution in [0.3, 0.4) is 0 Å². The first kappa shape index (κ1) is 25.3. The molecule has 1 saturated heterocycles. The topological polar surface area (TPSA) is 142 Å². The monoisotopic (exact) mass is 558 g/mol. The number of nitrogens with one attached hydrogen (secondary N) is 1. The van der Waals surface area contributed by atoms with Gasteiger partial charge in [-0.2, -0.15) is 5.10 Å². The second kappa shape index (κ2) is 9.20. The summed E-state index contributed by atoms with van der Waals surface area (Å²) in [4.78, 5) is 53.2. The van der Waals surface area contributed by atoms with Crippen LogP contribution in [0.25, 0.3) is 0 Å². The van der Waals surface area contributed by atoms with E-state index in [0.717, 1.165) is 27.2 Å². The smallest absolute Gasteiger partial charge is 0.275 e. The first-order valence-electron chi connectivity index (χ1n) is 13.3. The van der Waals surface area contributed by atoms with Crippen molar-refractivity contribution in [2.45, 2.75) is 11.3 Å². The Morgan fingerprint density at radius 2 is 1.48 bits per heavy atom. The highest BCUT2D eigenvalue weighted by molar-refractivity contribution is 6.25. The number of hydrogen-bond acceptors (Lipinski definition) is 7. The van der Waals surface area contributed by atoms with Crippen molar-refractivity contribution in [2.24, 2.45) is 16.9 Å². The summed E-state index contributed by atoms with van der Waals surface area (Å²) in [6.07, 6.45) is 1.53. The van der Waals surface area contributed by atoms with Gasteiger partial charge in [0.25, 0.3) is 11.6 Å². The van der Waals surface area contributed by atoms with Crippen LogP contribution in [0.4, 0.5) is 11.4 Å². The van der Waals surface area contributed by atoms with E-state index in [1.165, 1.54) is 42.6 Å². The van der Waals surface area contributed by atoms with Gasteiger partial charge in [-0.25, -0.2) is 10.3 Å². The standard InChI is InChI=1S/C32H22N4O6/c37-25-12-6-3-9-22(25)29(38)34-33-17-32-23-10-4-1-7-20(23)26(21-8-2-5-11-24(21)32)27-28(32)31(40)35(30(27)39)18-13-15-19(16-14-18)36(41)42/h1-17,26-28,37H,(H,34,38)/b33-17-/t26?,27-,28+,32?/m1/s1. The normalized spacial score (nSPS) is 23.4. The summed E-state index contributed by atoms with van der Waals surface area (Å²) in [5.74, 6) is -3.74. The quantitative estimate of drug-likeness (QED) is 0.162. The van der Waals surface area contributed by atoms with Crippen molar-refractivity contribution in [2.75, 3.05) is 4.90 Å². The molecule has 0 spiro atoms. The van der Waals surface area contributed by atoms with E-state index in [1.807, 2.05) is 48.5 Å². The predicted octanol–water partition coefficient (Wildman–Crippen LogP) is 4.27. The summed E-state index contributed by atoms with van der Waals surface area (Å²) in [6, 6.07) is 26.6. The number of phenols is 1. The summed E-state index contributed by atoms with van der Waals surface area (Å²) in [7, 11) is 0. The molecule has 0 unspecified atom stereocenters. The number of amides is 3. The second-order valence-electron chi connectivity index (χ2n) is 10.5. The molecule has 4 aromatic rings. The number of carbonyl (C=O) groups excluding carboxylic acids is 3. The molecule has 1 heterocycles. The van der Waals surface area contributed by atoms with E-state index in [0.29, 0.717) is 0 Å². The molecule has 0 saturated carbocycles. The van der Waals surface area contributed by atoms with Crippen molar-refractivity contribution in [3.63, 3.8) is 0 Å². The third-order valence-electron chi connectivity index (χ3n) is 8.59. The Hall–Kier alpha value is -5.64. The summed E-state index contributed by atoms with van der Waals surface area (Å²) in [5.41, 5.74) is 4.81. The van der Waals surface area contributed by atoms with Crippen molar-refractivity contribution in [1.82, 2.24) is 5.43 Å². The van der Waals surface area contributed by atoms with Crippen molar-refractivity contribution in [3.8, 4) is 5.75 Å². The molecule has 0 aromatic heterocycles. The number of nitro benzene ring substituents is 1. The Kier molecular flexibility index (Phi) is 5.55. The van der Waals surface area contributed by atoms with Gasteiger partial charge in [-0.15, -0.1) is 0 Å². The number of benzene rings is 4. The van der Waals surface area contributed by atoms with Gasteiger partial charge in [-0.05, 0) is 46.5 Å². The SMILES string of the molecule is O=C(N/N=C\C12c3ccccc3C(c3ccccc31)[C@H]1C(=O)N(c3ccc([N+](=O)[O-])cc3)C(=O)[C@H]12)c1ccccc1O. The molecule has 3 amide bonds. The van der Waals surface area contributed by atoms with Gasteiger partial charge in [-0.3, -0.25) is 24.5 Å². The van der Waals surface area contributed by atoms with Crippen molar-refractivity contribution >= 4 is 35.3 Å². The summed E-state index contributed by atoms with van der Waals surface area (Å²) in [5, 5.41) is 25.7. The molecule has 10 nitrogen and oxygen atoms in total.